The summed E-state index contributed by atoms with van der Waals surface area (Å²) < 4.78 is 7.22. The van der Waals surface area contributed by atoms with Gasteiger partial charge in [-0.2, -0.15) is 0 Å². The van der Waals surface area contributed by atoms with Gasteiger partial charge in [-0.1, -0.05) is 80.9 Å². The molecule has 210 valence electrons. The van der Waals surface area contributed by atoms with Crippen molar-refractivity contribution in [2.75, 3.05) is 0 Å². The van der Waals surface area contributed by atoms with E-state index in [1.807, 2.05) is 11.1 Å². The fourth-order valence-corrected chi connectivity index (χ4v) is 11.9. The van der Waals surface area contributed by atoms with E-state index in [2.05, 4.69) is 88.4 Å². The van der Waals surface area contributed by atoms with Gasteiger partial charge in [-0.3, -0.25) is 0 Å². The van der Waals surface area contributed by atoms with Gasteiger partial charge in [0.2, 0.25) is 0 Å². The van der Waals surface area contributed by atoms with Crippen LogP contribution < -0.4 is 0 Å². The molecule has 0 heterocycles. The number of hydrogen-bond donors (Lipinski definition) is 0. The van der Waals surface area contributed by atoms with Crippen molar-refractivity contribution in [2.24, 2.45) is 38.9 Å². The van der Waals surface area contributed by atoms with Gasteiger partial charge in [0, 0.05) is 0 Å². The molecule has 0 aromatic rings. The third-order valence-electron chi connectivity index (χ3n) is 14.1. The molecule has 0 saturated heterocycles. The van der Waals surface area contributed by atoms with Crippen LogP contribution in [0.25, 0.3) is 0 Å². The number of fused-ring (bicyclic) bond motifs is 6. The monoisotopic (exact) mass is 524 g/mol. The maximum Gasteiger partial charge on any atom is 0.192 e. The first-order valence-corrected chi connectivity index (χ1v) is 18.8. The van der Waals surface area contributed by atoms with Crippen LogP contribution in [0, 0.1) is 38.9 Å². The summed E-state index contributed by atoms with van der Waals surface area (Å²) in [5, 5.41) is 0.274. The molecule has 1 nitrogen and oxygen atoms in total. The van der Waals surface area contributed by atoms with Crippen molar-refractivity contribution in [2.45, 2.75) is 158 Å². The fourth-order valence-electron chi connectivity index (χ4n) is 10.4. The summed E-state index contributed by atoms with van der Waals surface area (Å²) in [7, 11) is -1.79. The van der Waals surface area contributed by atoms with E-state index >= 15 is 0 Å². The minimum Gasteiger partial charge on any atom is -0.413 e. The van der Waals surface area contributed by atoms with E-state index in [4.69, 9.17) is 4.43 Å². The molecule has 5 aliphatic rings. The van der Waals surface area contributed by atoms with Crippen LogP contribution in [0.3, 0.4) is 0 Å². The third-order valence-corrected chi connectivity index (χ3v) is 18.6. The van der Waals surface area contributed by atoms with Crippen molar-refractivity contribution < 1.29 is 4.43 Å². The largest absolute Gasteiger partial charge is 0.413 e. The average molecular weight is 525 g/mol. The zero-order valence-corrected chi connectivity index (χ0v) is 27.8. The van der Waals surface area contributed by atoms with Crippen molar-refractivity contribution in [1.82, 2.24) is 0 Å². The molecule has 0 N–H and O–H groups in total. The predicted molar refractivity (Wildman–Crippen MR) is 162 cm³/mol. The van der Waals surface area contributed by atoms with Gasteiger partial charge in [-0.15, -0.1) is 0 Å². The Balaban J connectivity index is 1.48. The van der Waals surface area contributed by atoms with Gasteiger partial charge in [0.15, 0.2) is 8.32 Å². The normalized spacial score (nSPS) is 43.2. The minimum atomic E-state index is -1.79. The van der Waals surface area contributed by atoms with E-state index in [9.17, 15) is 0 Å². The fraction of sp³-hybridized carbons (Fsp3) is 0.886. The molecular weight excluding hydrogens is 464 g/mol. The Bertz CT molecular complexity index is 1000. The number of rotatable bonds is 2. The Kier molecular flexibility index (Phi) is 6.36. The summed E-state index contributed by atoms with van der Waals surface area (Å²) >= 11 is 0. The summed E-state index contributed by atoms with van der Waals surface area (Å²) in [4.78, 5) is 0. The molecule has 2 saturated carbocycles. The van der Waals surface area contributed by atoms with Crippen molar-refractivity contribution in [3.05, 3.63) is 22.8 Å². The summed E-state index contributed by atoms with van der Waals surface area (Å²) in [6.07, 6.45) is 16.6. The number of hydrogen-bond acceptors (Lipinski definition) is 1. The van der Waals surface area contributed by atoms with Crippen LogP contribution in [-0.4, -0.2) is 14.4 Å². The highest BCUT2D eigenvalue weighted by Gasteiger charge is 2.66. The van der Waals surface area contributed by atoms with Crippen LogP contribution in [0.15, 0.2) is 22.8 Å². The van der Waals surface area contributed by atoms with Gasteiger partial charge in [-0.05, 0) is 132 Å². The van der Waals surface area contributed by atoms with Gasteiger partial charge in [-0.25, -0.2) is 0 Å². The van der Waals surface area contributed by atoms with E-state index < -0.39 is 8.32 Å². The Labute approximate surface area is 231 Å². The van der Waals surface area contributed by atoms with Crippen LogP contribution in [0.4, 0.5) is 0 Å². The maximum absolute atomic E-state index is 7.22. The first-order valence-electron chi connectivity index (χ1n) is 15.9. The van der Waals surface area contributed by atoms with Crippen molar-refractivity contribution in [3.8, 4) is 0 Å². The van der Waals surface area contributed by atoms with Gasteiger partial charge in [0.05, 0.1) is 6.10 Å². The lowest BCUT2D eigenvalue weighted by Crippen LogP contribution is -2.64. The highest BCUT2D eigenvalue weighted by atomic mass is 28.4. The molecule has 2 heteroatoms. The minimum absolute atomic E-state index is 0.240. The van der Waals surface area contributed by atoms with Gasteiger partial charge < -0.3 is 4.43 Å². The smallest absolute Gasteiger partial charge is 0.192 e. The van der Waals surface area contributed by atoms with Gasteiger partial charge in [0.25, 0.3) is 0 Å². The summed E-state index contributed by atoms with van der Waals surface area (Å²) in [6.45, 7) is 30.5. The maximum atomic E-state index is 7.22. The second-order valence-electron chi connectivity index (χ2n) is 17.9. The SMILES string of the molecule is CC1(C)CCC2=C(C1)C1=CC[C@@H]3[C@@]4(C)CC[C@H](O[Si](C)(C)C(C)(C)C)C(C)(C)[C@@H]4CC[C@@]3(C)[C@@]1(C)CC2. The Morgan fingerprint density at radius 1 is 0.838 bits per heavy atom. The Morgan fingerprint density at radius 2 is 1.49 bits per heavy atom. The molecule has 6 atom stereocenters. The van der Waals surface area contributed by atoms with Crippen LogP contribution in [0.5, 0.6) is 0 Å². The molecule has 0 bridgehead atoms. The zero-order valence-electron chi connectivity index (χ0n) is 26.8. The molecule has 0 aromatic carbocycles. The molecule has 37 heavy (non-hydrogen) atoms. The summed E-state index contributed by atoms with van der Waals surface area (Å²) in [5.41, 5.74) is 7.31. The lowest BCUT2D eigenvalue weighted by Gasteiger charge is -2.70. The lowest BCUT2D eigenvalue weighted by atomic mass is 9.35. The van der Waals surface area contributed by atoms with E-state index in [0.717, 1.165) is 11.8 Å². The highest BCUT2D eigenvalue weighted by Crippen LogP contribution is 2.74. The molecule has 0 unspecified atom stereocenters. The first-order chi connectivity index (χ1) is 16.8. The van der Waals surface area contributed by atoms with E-state index in [1.54, 1.807) is 5.57 Å². The van der Waals surface area contributed by atoms with Crippen LogP contribution in [-0.2, 0) is 4.43 Å². The quantitative estimate of drug-likeness (QED) is 0.326. The van der Waals surface area contributed by atoms with Gasteiger partial charge >= 0.3 is 0 Å². The molecule has 0 aliphatic heterocycles. The molecule has 0 spiro atoms. The van der Waals surface area contributed by atoms with E-state index in [-0.39, 0.29) is 10.5 Å². The predicted octanol–water partition coefficient (Wildman–Crippen LogP) is 10.9. The van der Waals surface area contributed by atoms with Crippen LogP contribution in [0.1, 0.15) is 133 Å². The van der Waals surface area contributed by atoms with E-state index in [1.165, 1.54) is 64.2 Å². The molecule has 5 aliphatic carbocycles. The van der Waals surface area contributed by atoms with Crippen molar-refractivity contribution in [1.29, 1.82) is 0 Å². The lowest BCUT2D eigenvalue weighted by molar-refractivity contribution is -0.192. The van der Waals surface area contributed by atoms with E-state index in [0.29, 0.717) is 27.8 Å². The zero-order chi connectivity index (χ0) is 27.4. The van der Waals surface area contributed by atoms with Crippen molar-refractivity contribution in [3.63, 3.8) is 0 Å². The second kappa shape index (κ2) is 8.34. The summed E-state index contributed by atoms with van der Waals surface area (Å²) in [6, 6.07) is 0. The molecule has 5 rings (SSSR count). The van der Waals surface area contributed by atoms with Crippen LogP contribution in [0.2, 0.25) is 18.1 Å². The molecule has 0 amide bonds. The molecule has 0 aromatic heterocycles. The van der Waals surface area contributed by atoms with Crippen LogP contribution >= 0.6 is 0 Å². The molecule has 0 radical (unpaired) electrons. The topological polar surface area (TPSA) is 9.23 Å². The molecule has 2 fully saturated rings. The van der Waals surface area contributed by atoms with Crippen molar-refractivity contribution >= 4 is 8.32 Å². The first kappa shape index (κ1) is 28.2. The standard InChI is InChI=1S/C35H60OSi/c1-30(2,3)37(11,12)36-29-18-20-33(8)27(32(29,6)7)17-22-35(10)28(33)14-13-26-25-23-31(4,5)19-15-24(25)16-21-34(26,35)9/h13,27-29H,14-23H2,1-12H3/t27-,28+,29-,33-,34-,35+/m0/s1. The second-order valence-corrected chi connectivity index (χ2v) is 22.7. The van der Waals surface area contributed by atoms with Gasteiger partial charge in [0.1, 0.15) is 0 Å². The third kappa shape index (κ3) is 3.99. The number of allylic oxidation sites excluding steroid dienone is 4. The molecular formula is C35H60OSi. The average Bonchev–Trinajstić information content (AvgIpc) is 2.75. The Hall–Kier alpha value is -0.343. The Morgan fingerprint density at radius 3 is 2.14 bits per heavy atom. The highest BCUT2D eigenvalue weighted by molar-refractivity contribution is 6.74. The summed E-state index contributed by atoms with van der Waals surface area (Å²) in [5.74, 6) is 1.55.